The molecular weight excluding hydrogens is 442 g/mol. The minimum absolute atomic E-state index is 0.00609. The number of hydrogen-bond donors (Lipinski definition) is 2. The highest BCUT2D eigenvalue weighted by Crippen LogP contribution is 2.46. The molecule has 0 spiro atoms. The maximum Gasteiger partial charge on any atom is 0.337 e. The van der Waals surface area contributed by atoms with Crippen molar-refractivity contribution in [2.75, 3.05) is 7.11 Å². The van der Waals surface area contributed by atoms with Gasteiger partial charge in [0.2, 0.25) is 0 Å². The first-order valence-electron chi connectivity index (χ1n) is 12.3. The van der Waals surface area contributed by atoms with Gasteiger partial charge in [0.25, 0.3) is 0 Å². The fraction of sp³-hybridized carbons (Fsp3) is 0.379. The topological polar surface area (TPSA) is 84.9 Å². The lowest BCUT2D eigenvalue weighted by atomic mass is 9.71. The first-order chi connectivity index (χ1) is 16.9. The Bertz CT molecular complexity index is 1200. The van der Waals surface area contributed by atoms with Crippen LogP contribution in [0.4, 0.5) is 0 Å². The molecule has 2 aliphatic carbocycles. The molecule has 0 unspecified atom stereocenters. The van der Waals surface area contributed by atoms with Crippen LogP contribution >= 0.6 is 0 Å². The number of hydrogen-bond acceptors (Lipinski definition) is 6. The number of dihydropyridines is 1. The third-order valence-corrected chi connectivity index (χ3v) is 7.41. The van der Waals surface area contributed by atoms with Crippen molar-refractivity contribution in [1.82, 2.24) is 5.32 Å². The maximum atomic E-state index is 13.7. The zero-order valence-corrected chi connectivity index (χ0v) is 20.2. The number of carbonyl (C=O) groups excluding carboxylic acids is 2. The number of aromatic hydroxyl groups is 1. The minimum Gasteiger partial charge on any atom is -0.508 e. The highest BCUT2D eigenvalue weighted by atomic mass is 16.5. The predicted octanol–water partition coefficient (Wildman–Crippen LogP) is 5.25. The molecule has 0 amide bonds. The van der Waals surface area contributed by atoms with Crippen molar-refractivity contribution < 1.29 is 24.2 Å². The molecule has 182 valence electrons. The Morgan fingerprint density at radius 2 is 1.77 bits per heavy atom. The van der Waals surface area contributed by atoms with Gasteiger partial charge in [0, 0.05) is 29.3 Å². The Hall–Kier alpha value is -3.54. The van der Waals surface area contributed by atoms with Crippen LogP contribution in [-0.2, 0) is 14.3 Å². The first kappa shape index (κ1) is 23.2. The Labute approximate surface area is 205 Å². The summed E-state index contributed by atoms with van der Waals surface area (Å²) in [5.41, 5.74) is 4.39. The predicted molar refractivity (Wildman–Crippen MR) is 132 cm³/mol. The Balaban J connectivity index is 1.52. The van der Waals surface area contributed by atoms with E-state index in [2.05, 4.69) is 5.32 Å². The molecule has 35 heavy (non-hydrogen) atoms. The Morgan fingerprint density at radius 1 is 1.03 bits per heavy atom. The van der Waals surface area contributed by atoms with Crippen molar-refractivity contribution >= 4 is 11.8 Å². The molecule has 5 rings (SSSR count). The minimum atomic E-state index is -0.573. The molecule has 1 saturated carbocycles. The summed E-state index contributed by atoms with van der Waals surface area (Å²) < 4.78 is 11.2. The number of carbonyl (C=O) groups is 2. The molecule has 2 atom stereocenters. The van der Waals surface area contributed by atoms with Crippen molar-refractivity contribution in [2.24, 2.45) is 0 Å². The maximum absolute atomic E-state index is 13.7. The quantitative estimate of drug-likeness (QED) is 0.577. The molecule has 2 N–H and O–H groups in total. The Kier molecular flexibility index (Phi) is 6.37. The molecular formula is C29H31NO5. The van der Waals surface area contributed by atoms with Gasteiger partial charge < -0.3 is 19.9 Å². The summed E-state index contributed by atoms with van der Waals surface area (Å²) in [6.45, 7) is 1.87. The molecule has 6 heteroatoms. The highest BCUT2D eigenvalue weighted by Gasteiger charge is 2.42. The van der Waals surface area contributed by atoms with E-state index in [1.54, 1.807) is 25.3 Å². The molecule has 0 aromatic heterocycles. The van der Waals surface area contributed by atoms with Gasteiger partial charge in [-0.2, -0.15) is 0 Å². The second-order valence-electron chi connectivity index (χ2n) is 9.70. The van der Waals surface area contributed by atoms with Crippen LogP contribution in [0.15, 0.2) is 71.1 Å². The summed E-state index contributed by atoms with van der Waals surface area (Å²) in [6, 6.07) is 14.7. The van der Waals surface area contributed by atoms with E-state index in [1.807, 2.05) is 37.3 Å². The molecule has 3 aliphatic rings. The fourth-order valence-electron chi connectivity index (χ4n) is 5.68. The van der Waals surface area contributed by atoms with Crippen molar-refractivity contribution in [3.8, 4) is 11.5 Å². The number of allylic oxidation sites excluding steroid dienone is 3. The van der Waals surface area contributed by atoms with Crippen LogP contribution in [0.1, 0.15) is 68.4 Å². The van der Waals surface area contributed by atoms with Gasteiger partial charge in [0.05, 0.1) is 12.7 Å². The van der Waals surface area contributed by atoms with E-state index in [9.17, 15) is 14.7 Å². The van der Waals surface area contributed by atoms with E-state index >= 15 is 0 Å². The number of benzene rings is 2. The first-order valence-corrected chi connectivity index (χ1v) is 12.3. The number of ketones is 1. The van der Waals surface area contributed by atoms with Gasteiger partial charge in [-0.3, -0.25) is 4.79 Å². The summed E-state index contributed by atoms with van der Waals surface area (Å²) in [5.74, 6) is -0.0391. The summed E-state index contributed by atoms with van der Waals surface area (Å²) in [4.78, 5) is 27.1. The van der Waals surface area contributed by atoms with Crippen LogP contribution in [-0.4, -0.2) is 30.1 Å². The average molecular weight is 474 g/mol. The lowest BCUT2D eigenvalue weighted by Gasteiger charge is -2.37. The van der Waals surface area contributed by atoms with Gasteiger partial charge in [-0.25, -0.2) is 4.79 Å². The standard InChI is InChI=1S/C29H31NO5/c1-17-26(29(33)35-23-8-3-4-9-23)27(19-6-5-7-21(31)14-19)28-24(30-17)15-20(16-25(28)32)18-10-12-22(34-2)13-11-18/h5-7,10-14,20,23,27,30-31H,3-4,8-9,15-16H2,1-2H3/t20-,27+/m0/s1. The van der Waals surface area contributed by atoms with Crippen molar-refractivity contribution in [3.05, 3.63) is 82.2 Å². The molecule has 0 radical (unpaired) electrons. The zero-order chi connectivity index (χ0) is 24.5. The number of rotatable bonds is 5. The highest BCUT2D eigenvalue weighted by molar-refractivity contribution is 6.04. The zero-order valence-electron chi connectivity index (χ0n) is 20.2. The molecule has 1 fully saturated rings. The van der Waals surface area contributed by atoms with Crippen LogP contribution in [0.5, 0.6) is 11.5 Å². The lowest BCUT2D eigenvalue weighted by Crippen LogP contribution is -2.36. The van der Waals surface area contributed by atoms with Gasteiger partial charge in [-0.1, -0.05) is 24.3 Å². The molecule has 2 aromatic rings. The largest absolute Gasteiger partial charge is 0.508 e. The summed E-state index contributed by atoms with van der Waals surface area (Å²) >= 11 is 0. The van der Waals surface area contributed by atoms with Crippen LogP contribution in [0, 0.1) is 0 Å². The number of Topliss-reactive ketones (excluding diaryl/α,β-unsaturated/α-hetero) is 1. The molecule has 2 aromatic carbocycles. The molecule has 1 aliphatic heterocycles. The number of methoxy groups -OCH3 is 1. The summed E-state index contributed by atoms with van der Waals surface area (Å²) in [7, 11) is 1.63. The van der Waals surface area contributed by atoms with Crippen molar-refractivity contribution in [2.45, 2.75) is 63.4 Å². The van der Waals surface area contributed by atoms with E-state index in [-0.39, 0.29) is 29.5 Å². The second-order valence-corrected chi connectivity index (χ2v) is 9.70. The van der Waals surface area contributed by atoms with Gasteiger partial charge >= 0.3 is 5.97 Å². The molecule has 6 nitrogen and oxygen atoms in total. The van der Waals surface area contributed by atoms with E-state index < -0.39 is 5.92 Å². The number of nitrogens with one attached hydrogen (secondary N) is 1. The average Bonchev–Trinajstić information content (AvgIpc) is 3.36. The number of esters is 1. The lowest BCUT2D eigenvalue weighted by molar-refractivity contribution is -0.144. The normalized spacial score (nSPS) is 22.6. The third kappa shape index (κ3) is 4.57. The van der Waals surface area contributed by atoms with Gasteiger partial charge in [0.1, 0.15) is 17.6 Å². The number of phenolic OH excluding ortho intramolecular Hbond substituents is 1. The molecule has 1 heterocycles. The SMILES string of the molecule is COc1ccc([C@@H]2CC(=O)C3=C(C2)NC(C)=C(C(=O)OC2CCCC2)[C@H]3c2cccc(O)c2)cc1. The summed E-state index contributed by atoms with van der Waals surface area (Å²) in [5, 5.41) is 13.6. The van der Waals surface area contributed by atoms with Crippen LogP contribution in [0.2, 0.25) is 0 Å². The van der Waals surface area contributed by atoms with Crippen LogP contribution in [0.3, 0.4) is 0 Å². The van der Waals surface area contributed by atoms with Crippen LogP contribution in [0.25, 0.3) is 0 Å². The third-order valence-electron chi connectivity index (χ3n) is 7.41. The van der Waals surface area contributed by atoms with E-state index in [0.29, 0.717) is 35.2 Å². The van der Waals surface area contributed by atoms with Gasteiger partial charge in [-0.05, 0) is 80.3 Å². The van der Waals surface area contributed by atoms with E-state index in [0.717, 1.165) is 42.7 Å². The number of phenols is 1. The second kappa shape index (κ2) is 9.61. The van der Waals surface area contributed by atoms with E-state index in [4.69, 9.17) is 9.47 Å². The van der Waals surface area contributed by atoms with Crippen LogP contribution < -0.4 is 10.1 Å². The molecule has 0 saturated heterocycles. The molecule has 0 bridgehead atoms. The van der Waals surface area contributed by atoms with Gasteiger partial charge in [0.15, 0.2) is 5.78 Å². The Morgan fingerprint density at radius 3 is 2.46 bits per heavy atom. The summed E-state index contributed by atoms with van der Waals surface area (Å²) in [6.07, 6.45) is 4.80. The van der Waals surface area contributed by atoms with Crippen molar-refractivity contribution in [1.29, 1.82) is 0 Å². The monoisotopic (exact) mass is 473 g/mol. The number of ether oxygens (including phenoxy) is 2. The fourth-order valence-corrected chi connectivity index (χ4v) is 5.68. The van der Waals surface area contributed by atoms with Crippen molar-refractivity contribution in [3.63, 3.8) is 0 Å². The smallest absolute Gasteiger partial charge is 0.337 e. The van der Waals surface area contributed by atoms with E-state index in [1.165, 1.54) is 0 Å². The van der Waals surface area contributed by atoms with Gasteiger partial charge in [-0.15, -0.1) is 0 Å².